The lowest BCUT2D eigenvalue weighted by Crippen LogP contribution is -2.47. The fourth-order valence-corrected chi connectivity index (χ4v) is 6.27. The van der Waals surface area contributed by atoms with Gasteiger partial charge in [-0.05, 0) is 60.5 Å². The quantitative estimate of drug-likeness (QED) is 0.475. The van der Waals surface area contributed by atoms with Gasteiger partial charge in [0.15, 0.2) is 0 Å². The van der Waals surface area contributed by atoms with Crippen LogP contribution in [0.4, 0.5) is 18.9 Å². The number of rotatable bonds is 5. The number of likely N-dealkylation sites (tertiary alicyclic amines) is 1. The lowest BCUT2D eigenvalue weighted by molar-refractivity contribution is -0.192. The number of carboxylic acid groups (broad SMARTS) is 1. The van der Waals surface area contributed by atoms with Gasteiger partial charge in [-0.2, -0.15) is 13.2 Å². The van der Waals surface area contributed by atoms with Crippen LogP contribution >= 0.6 is 0 Å². The number of para-hydroxylation sites is 1. The minimum absolute atomic E-state index is 0.0530. The van der Waals surface area contributed by atoms with Crippen LogP contribution in [0.25, 0.3) is 10.8 Å². The second kappa shape index (κ2) is 11.5. The summed E-state index contributed by atoms with van der Waals surface area (Å²) in [5.41, 5.74) is 2.54. The molecular weight excluding hydrogens is 547 g/mol. The van der Waals surface area contributed by atoms with Gasteiger partial charge in [-0.15, -0.1) is 0 Å². The molecule has 0 saturated carbocycles. The highest BCUT2D eigenvalue weighted by molar-refractivity contribution is 7.92. The average Bonchev–Trinajstić information content (AvgIpc) is 3.24. The Hall–Kier alpha value is -3.64. The van der Waals surface area contributed by atoms with Crippen molar-refractivity contribution in [2.45, 2.75) is 24.4 Å². The number of nitrogens with zero attached hydrogens (tertiary/aromatic N) is 2. The Bertz CT molecular complexity index is 1500. The zero-order valence-corrected chi connectivity index (χ0v) is 22.6. The first-order chi connectivity index (χ1) is 18.8. The first-order valence-electron chi connectivity index (χ1n) is 12.7. The molecule has 0 aliphatic carbocycles. The fourth-order valence-electron chi connectivity index (χ4n) is 5.27. The average molecular weight is 578 g/mol. The van der Waals surface area contributed by atoms with Crippen LogP contribution in [0.5, 0.6) is 0 Å². The number of amides is 1. The van der Waals surface area contributed by atoms with E-state index in [1.54, 1.807) is 4.31 Å². The maximum absolute atomic E-state index is 12.6. The van der Waals surface area contributed by atoms with E-state index in [4.69, 9.17) is 9.90 Å². The number of fused-ring (bicyclic) bond motifs is 3. The van der Waals surface area contributed by atoms with E-state index in [1.165, 1.54) is 6.26 Å². The molecule has 3 aromatic carbocycles. The Morgan fingerprint density at radius 1 is 0.975 bits per heavy atom. The Balaban J connectivity index is 0.000000470. The van der Waals surface area contributed by atoms with Crippen molar-refractivity contribution in [1.29, 1.82) is 0 Å². The SMILES string of the molecule is CS(=O)(=O)N1CC2(CCN(CCNC(=O)c3ccc4ccccc4c3)CC2)c2ccccc21.O=C(O)C(F)(F)F. The molecule has 1 spiro atoms. The molecule has 3 aromatic rings. The van der Waals surface area contributed by atoms with Gasteiger partial charge in [0.2, 0.25) is 10.0 Å². The second-order valence-corrected chi connectivity index (χ2v) is 11.9. The molecule has 12 heteroatoms. The number of carbonyl (C=O) groups is 2. The number of alkyl halides is 3. The predicted molar refractivity (Wildman–Crippen MR) is 146 cm³/mol. The zero-order chi connectivity index (χ0) is 29.1. The van der Waals surface area contributed by atoms with Gasteiger partial charge in [-0.1, -0.05) is 48.5 Å². The van der Waals surface area contributed by atoms with E-state index in [1.807, 2.05) is 60.7 Å². The summed E-state index contributed by atoms with van der Waals surface area (Å²) in [5.74, 6) is -2.81. The Labute approximate surface area is 230 Å². The molecule has 8 nitrogen and oxygen atoms in total. The molecule has 2 aliphatic heterocycles. The second-order valence-electron chi connectivity index (χ2n) is 10.0. The van der Waals surface area contributed by atoms with Crippen molar-refractivity contribution in [1.82, 2.24) is 10.2 Å². The first-order valence-corrected chi connectivity index (χ1v) is 14.5. The van der Waals surface area contributed by atoms with Crippen LogP contribution < -0.4 is 9.62 Å². The summed E-state index contributed by atoms with van der Waals surface area (Å²) in [6.45, 7) is 3.67. The molecule has 0 unspecified atom stereocenters. The van der Waals surface area contributed by atoms with Gasteiger partial charge < -0.3 is 15.3 Å². The van der Waals surface area contributed by atoms with Crippen LogP contribution in [-0.2, 0) is 20.2 Å². The molecular formula is C28H30F3N3O5S. The molecule has 0 radical (unpaired) electrons. The standard InChI is InChI=1S/C26H29N3O3S.C2HF3O2/c1-33(31,32)29-19-26(23-8-4-5-9-24(23)29)12-15-28(16-13-26)17-14-27-25(30)22-11-10-20-6-2-3-7-21(20)18-22;3-2(4,5)1(6)7/h2-11,18H,12-17,19H2,1H3,(H,27,30);(H,6,7). The predicted octanol–water partition coefficient (Wildman–Crippen LogP) is 4.02. The van der Waals surface area contributed by atoms with Crippen molar-refractivity contribution in [2.75, 3.05) is 43.3 Å². The third-order valence-corrected chi connectivity index (χ3v) is 8.50. The molecule has 2 heterocycles. The van der Waals surface area contributed by atoms with Crippen molar-refractivity contribution in [3.63, 3.8) is 0 Å². The largest absolute Gasteiger partial charge is 0.490 e. The van der Waals surface area contributed by atoms with Crippen LogP contribution in [0.3, 0.4) is 0 Å². The van der Waals surface area contributed by atoms with Gasteiger partial charge in [0.1, 0.15) is 0 Å². The number of carbonyl (C=O) groups excluding carboxylic acids is 1. The lowest BCUT2D eigenvalue weighted by atomic mass is 9.74. The van der Waals surface area contributed by atoms with Gasteiger partial charge in [0.25, 0.3) is 5.91 Å². The van der Waals surface area contributed by atoms with E-state index in [9.17, 15) is 26.4 Å². The first kappa shape index (κ1) is 29.3. The number of hydrogen-bond acceptors (Lipinski definition) is 5. The van der Waals surface area contributed by atoms with Crippen LogP contribution in [0.15, 0.2) is 66.7 Å². The van der Waals surface area contributed by atoms with Crippen molar-refractivity contribution in [3.05, 3.63) is 77.9 Å². The monoisotopic (exact) mass is 577 g/mol. The Morgan fingerprint density at radius 2 is 1.57 bits per heavy atom. The van der Waals surface area contributed by atoms with Crippen LogP contribution in [-0.4, -0.2) is 75.5 Å². The van der Waals surface area contributed by atoms with Gasteiger partial charge in [-0.25, -0.2) is 13.2 Å². The van der Waals surface area contributed by atoms with Crippen molar-refractivity contribution < 1.29 is 36.3 Å². The van der Waals surface area contributed by atoms with E-state index in [0.29, 0.717) is 18.7 Å². The van der Waals surface area contributed by atoms with E-state index < -0.39 is 22.2 Å². The van der Waals surface area contributed by atoms with Gasteiger partial charge >= 0.3 is 12.1 Å². The number of aliphatic carboxylic acids is 1. The molecule has 1 fully saturated rings. The zero-order valence-electron chi connectivity index (χ0n) is 21.8. The highest BCUT2D eigenvalue weighted by Crippen LogP contribution is 2.47. The Kier molecular flexibility index (Phi) is 8.41. The van der Waals surface area contributed by atoms with Gasteiger partial charge in [-0.3, -0.25) is 9.10 Å². The smallest absolute Gasteiger partial charge is 0.475 e. The highest BCUT2D eigenvalue weighted by Gasteiger charge is 2.46. The third-order valence-electron chi connectivity index (χ3n) is 7.37. The summed E-state index contributed by atoms with van der Waals surface area (Å²) < 4.78 is 58.0. The van der Waals surface area contributed by atoms with E-state index >= 15 is 0 Å². The maximum atomic E-state index is 12.6. The molecule has 1 saturated heterocycles. The number of sulfonamides is 1. The summed E-state index contributed by atoms with van der Waals surface area (Å²) >= 11 is 0. The summed E-state index contributed by atoms with van der Waals surface area (Å²) in [5, 5.41) is 12.4. The minimum Gasteiger partial charge on any atom is -0.475 e. The van der Waals surface area contributed by atoms with Crippen LogP contribution in [0.1, 0.15) is 28.8 Å². The number of halogens is 3. The summed E-state index contributed by atoms with van der Waals surface area (Å²) in [7, 11) is -3.30. The van der Waals surface area contributed by atoms with Crippen molar-refractivity contribution in [2.24, 2.45) is 0 Å². The number of carboxylic acids is 1. The number of anilines is 1. The van der Waals surface area contributed by atoms with Crippen molar-refractivity contribution >= 4 is 38.4 Å². The maximum Gasteiger partial charge on any atom is 0.490 e. The fraction of sp³-hybridized carbons (Fsp3) is 0.357. The molecule has 2 N–H and O–H groups in total. The van der Waals surface area contributed by atoms with Crippen LogP contribution in [0, 0.1) is 0 Å². The summed E-state index contributed by atoms with van der Waals surface area (Å²) in [6.07, 6.45) is -1.97. The topological polar surface area (TPSA) is 107 Å². The van der Waals surface area contributed by atoms with Gasteiger partial charge in [0, 0.05) is 30.6 Å². The third kappa shape index (κ3) is 6.56. The summed E-state index contributed by atoms with van der Waals surface area (Å²) in [4.78, 5) is 23.9. The van der Waals surface area contributed by atoms with E-state index in [2.05, 4.69) is 16.3 Å². The minimum atomic E-state index is -5.08. The van der Waals surface area contributed by atoms with Crippen LogP contribution in [0.2, 0.25) is 0 Å². The normalized spacial score (nSPS) is 16.8. The summed E-state index contributed by atoms with van der Waals surface area (Å²) in [6, 6.07) is 21.7. The molecule has 40 heavy (non-hydrogen) atoms. The van der Waals surface area contributed by atoms with E-state index in [0.717, 1.165) is 54.5 Å². The molecule has 2 aliphatic rings. The number of piperidine rings is 1. The molecule has 214 valence electrons. The molecule has 0 bridgehead atoms. The lowest BCUT2D eigenvalue weighted by Gasteiger charge is -2.39. The molecule has 1 amide bonds. The molecule has 5 rings (SSSR count). The highest BCUT2D eigenvalue weighted by atomic mass is 32.2. The molecule has 0 atom stereocenters. The van der Waals surface area contributed by atoms with Gasteiger partial charge in [0.05, 0.1) is 11.9 Å². The van der Waals surface area contributed by atoms with E-state index in [-0.39, 0.29) is 11.3 Å². The number of nitrogens with one attached hydrogen (secondary N) is 1. The number of benzene rings is 3. The Morgan fingerprint density at radius 3 is 2.20 bits per heavy atom. The number of hydrogen-bond donors (Lipinski definition) is 2. The molecule has 0 aromatic heterocycles. The van der Waals surface area contributed by atoms with Crippen molar-refractivity contribution in [3.8, 4) is 0 Å².